The predicted octanol–water partition coefficient (Wildman–Crippen LogP) is 0.305. The molecule has 5 nitrogen and oxygen atoms in total. The molecule has 0 aromatic heterocycles. The summed E-state index contributed by atoms with van der Waals surface area (Å²) in [5.74, 6) is -1.35. The standard InChI is InChI=1S/C15H20FN3O2/c1-11(10-12-2-4-13(16)5-3-12)18-14(20)15(21)19-8-6-17-7-9-19/h2-5,11,17H,6-10H2,1H3,(H,18,20). The average Bonchev–Trinajstić information content (AvgIpc) is 2.49. The number of halogens is 1. The molecule has 2 rings (SSSR count). The third kappa shape index (κ3) is 4.53. The molecule has 1 aromatic rings. The van der Waals surface area contributed by atoms with Gasteiger partial charge in [0.25, 0.3) is 0 Å². The third-order valence-electron chi connectivity index (χ3n) is 3.43. The normalized spacial score (nSPS) is 16.4. The highest BCUT2D eigenvalue weighted by atomic mass is 19.1. The van der Waals surface area contributed by atoms with Gasteiger partial charge in [0.1, 0.15) is 5.82 Å². The van der Waals surface area contributed by atoms with E-state index in [-0.39, 0.29) is 11.9 Å². The van der Waals surface area contributed by atoms with Crippen LogP contribution in [0.3, 0.4) is 0 Å². The van der Waals surface area contributed by atoms with Gasteiger partial charge in [0.2, 0.25) is 0 Å². The van der Waals surface area contributed by atoms with Crippen molar-refractivity contribution in [1.29, 1.82) is 0 Å². The molecule has 0 saturated carbocycles. The lowest BCUT2D eigenvalue weighted by molar-refractivity contribution is -0.146. The Morgan fingerprint density at radius 2 is 1.90 bits per heavy atom. The lowest BCUT2D eigenvalue weighted by atomic mass is 10.1. The van der Waals surface area contributed by atoms with Crippen molar-refractivity contribution in [2.24, 2.45) is 0 Å². The molecule has 1 saturated heterocycles. The fourth-order valence-corrected chi connectivity index (χ4v) is 2.32. The Bertz CT molecular complexity index is 498. The van der Waals surface area contributed by atoms with E-state index in [1.54, 1.807) is 17.0 Å². The zero-order valence-corrected chi connectivity index (χ0v) is 12.1. The molecule has 0 aliphatic carbocycles. The van der Waals surface area contributed by atoms with Gasteiger partial charge in [0.15, 0.2) is 0 Å². The first kappa shape index (κ1) is 15.4. The summed E-state index contributed by atoms with van der Waals surface area (Å²) in [7, 11) is 0. The summed E-state index contributed by atoms with van der Waals surface area (Å²) in [6.07, 6.45) is 0.556. The van der Waals surface area contributed by atoms with Crippen LogP contribution in [-0.4, -0.2) is 48.9 Å². The first-order valence-electron chi connectivity index (χ1n) is 7.11. The van der Waals surface area contributed by atoms with Crippen LogP contribution >= 0.6 is 0 Å². The van der Waals surface area contributed by atoms with E-state index >= 15 is 0 Å². The van der Waals surface area contributed by atoms with Gasteiger partial charge in [-0.3, -0.25) is 9.59 Å². The molecule has 0 spiro atoms. The Balaban J connectivity index is 1.83. The van der Waals surface area contributed by atoms with Gasteiger partial charge >= 0.3 is 11.8 Å². The molecule has 1 aromatic carbocycles. The lowest BCUT2D eigenvalue weighted by Gasteiger charge is -2.27. The van der Waals surface area contributed by atoms with Crippen LogP contribution in [0.4, 0.5) is 4.39 Å². The van der Waals surface area contributed by atoms with Gasteiger partial charge in [0, 0.05) is 32.2 Å². The average molecular weight is 293 g/mol. The lowest BCUT2D eigenvalue weighted by Crippen LogP contribution is -2.52. The van der Waals surface area contributed by atoms with Gasteiger partial charge < -0.3 is 15.5 Å². The number of nitrogens with one attached hydrogen (secondary N) is 2. The quantitative estimate of drug-likeness (QED) is 0.788. The Kier molecular flexibility index (Phi) is 5.27. The monoisotopic (exact) mass is 293 g/mol. The molecule has 2 amide bonds. The molecule has 1 heterocycles. The van der Waals surface area contributed by atoms with Crippen molar-refractivity contribution in [3.63, 3.8) is 0 Å². The van der Waals surface area contributed by atoms with E-state index in [0.717, 1.165) is 5.56 Å². The highest BCUT2D eigenvalue weighted by molar-refractivity contribution is 6.35. The minimum absolute atomic E-state index is 0.185. The zero-order valence-electron chi connectivity index (χ0n) is 12.1. The Labute approximate surface area is 123 Å². The topological polar surface area (TPSA) is 61.4 Å². The van der Waals surface area contributed by atoms with Crippen LogP contribution in [0, 0.1) is 5.82 Å². The van der Waals surface area contributed by atoms with Crippen molar-refractivity contribution in [3.05, 3.63) is 35.6 Å². The molecule has 1 unspecified atom stereocenters. The van der Waals surface area contributed by atoms with E-state index in [1.807, 2.05) is 6.92 Å². The molecule has 1 fully saturated rings. The van der Waals surface area contributed by atoms with Gasteiger partial charge in [-0.2, -0.15) is 0 Å². The number of carbonyl (C=O) groups is 2. The van der Waals surface area contributed by atoms with Crippen LogP contribution in [0.2, 0.25) is 0 Å². The number of nitrogens with zero attached hydrogens (tertiary/aromatic N) is 1. The molecule has 6 heteroatoms. The van der Waals surface area contributed by atoms with E-state index in [2.05, 4.69) is 10.6 Å². The molecular weight excluding hydrogens is 273 g/mol. The number of rotatable bonds is 3. The number of amides is 2. The summed E-state index contributed by atoms with van der Waals surface area (Å²) < 4.78 is 12.8. The van der Waals surface area contributed by atoms with Crippen LogP contribution in [0.5, 0.6) is 0 Å². The molecular formula is C15H20FN3O2. The highest BCUT2D eigenvalue weighted by Crippen LogP contribution is 2.06. The summed E-state index contributed by atoms with van der Waals surface area (Å²) >= 11 is 0. The van der Waals surface area contributed by atoms with Gasteiger partial charge in [-0.25, -0.2) is 4.39 Å². The minimum Gasteiger partial charge on any atom is -0.345 e. The number of piperazine rings is 1. The van der Waals surface area contributed by atoms with E-state index < -0.39 is 11.8 Å². The summed E-state index contributed by atoms with van der Waals surface area (Å²) in [5.41, 5.74) is 0.916. The molecule has 0 radical (unpaired) electrons. The first-order valence-corrected chi connectivity index (χ1v) is 7.11. The van der Waals surface area contributed by atoms with E-state index in [9.17, 15) is 14.0 Å². The second kappa shape index (κ2) is 7.17. The second-order valence-corrected chi connectivity index (χ2v) is 5.25. The number of hydrogen-bond acceptors (Lipinski definition) is 3. The maximum Gasteiger partial charge on any atom is 0.311 e. The highest BCUT2D eigenvalue weighted by Gasteiger charge is 2.24. The third-order valence-corrected chi connectivity index (χ3v) is 3.43. The second-order valence-electron chi connectivity index (χ2n) is 5.25. The zero-order chi connectivity index (χ0) is 15.2. The van der Waals surface area contributed by atoms with Crippen molar-refractivity contribution < 1.29 is 14.0 Å². The number of benzene rings is 1. The van der Waals surface area contributed by atoms with Crippen LogP contribution in [0.15, 0.2) is 24.3 Å². The predicted molar refractivity (Wildman–Crippen MR) is 77.2 cm³/mol. The van der Waals surface area contributed by atoms with E-state index in [1.165, 1.54) is 12.1 Å². The molecule has 2 N–H and O–H groups in total. The number of hydrogen-bond donors (Lipinski definition) is 2. The van der Waals surface area contributed by atoms with Crippen LogP contribution < -0.4 is 10.6 Å². The van der Waals surface area contributed by atoms with Crippen molar-refractivity contribution in [2.45, 2.75) is 19.4 Å². The van der Waals surface area contributed by atoms with Crippen LogP contribution in [0.1, 0.15) is 12.5 Å². The summed E-state index contributed by atoms with van der Waals surface area (Å²) in [6, 6.07) is 5.94. The summed E-state index contributed by atoms with van der Waals surface area (Å²) in [6.45, 7) is 4.36. The fraction of sp³-hybridized carbons (Fsp3) is 0.467. The maximum atomic E-state index is 12.8. The maximum absolute atomic E-state index is 12.8. The molecule has 0 bridgehead atoms. The van der Waals surface area contributed by atoms with Crippen molar-refractivity contribution in [1.82, 2.24) is 15.5 Å². The summed E-state index contributed by atoms with van der Waals surface area (Å²) in [4.78, 5) is 25.4. The van der Waals surface area contributed by atoms with Gasteiger partial charge in [-0.05, 0) is 31.0 Å². The first-order chi connectivity index (χ1) is 10.1. The van der Waals surface area contributed by atoms with Crippen molar-refractivity contribution in [3.8, 4) is 0 Å². The summed E-state index contributed by atoms with van der Waals surface area (Å²) in [5, 5.41) is 5.83. The van der Waals surface area contributed by atoms with Gasteiger partial charge in [-0.1, -0.05) is 12.1 Å². The van der Waals surface area contributed by atoms with Gasteiger partial charge in [0.05, 0.1) is 0 Å². The smallest absolute Gasteiger partial charge is 0.311 e. The van der Waals surface area contributed by atoms with E-state index in [4.69, 9.17) is 0 Å². The SMILES string of the molecule is CC(Cc1ccc(F)cc1)NC(=O)C(=O)N1CCNCC1. The van der Waals surface area contributed by atoms with Crippen LogP contribution in [-0.2, 0) is 16.0 Å². The van der Waals surface area contributed by atoms with Crippen LogP contribution in [0.25, 0.3) is 0 Å². The molecule has 1 aliphatic heterocycles. The Hall–Kier alpha value is -1.95. The molecule has 114 valence electrons. The van der Waals surface area contributed by atoms with Gasteiger partial charge in [-0.15, -0.1) is 0 Å². The molecule has 21 heavy (non-hydrogen) atoms. The van der Waals surface area contributed by atoms with Crippen molar-refractivity contribution >= 4 is 11.8 Å². The van der Waals surface area contributed by atoms with Crippen molar-refractivity contribution in [2.75, 3.05) is 26.2 Å². The number of carbonyl (C=O) groups excluding carboxylic acids is 2. The Morgan fingerprint density at radius 1 is 1.29 bits per heavy atom. The molecule has 1 atom stereocenters. The largest absolute Gasteiger partial charge is 0.345 e. The fourth-order valence-electron chi connectivity index (χ4n) is 2.32. The Morgan fingerprint density at radius 3 is 2.52 bits per heavy atom. The molecule has 1 aliphatic rings. The van der Waals surface area contributed by atoms with E-state index in [0.29, 0.717) is 32.6 Å². The minimum atomic E-state index is -0.577.